The van der Waals surface area contributed by atoms with Crippen LogP contribution in [0, 0.1) is 13.0 Å². The molecule has 1 heteroatoms. The van der Waals surface area contributed by atoms with Crippen molar-refractivity contribution in [1.29, 1.82) is 0 Å². The molecule has 2 rings (SSSR count). The molecular formula is C9H8N. The first-order valence-electron chi connectivity index (χ1n) is 3.32. The molecular weight excluding hydrogens is 122 g/mol. The summed E-state index contributed by atoms with van der Waals surface area (Å²) < 4.78 is 0. The van der Waals surface area contributed by atoms with E-state index in [0.29, 0.717) is 0 Å². The summed E-state index contributed by atoms with van der Waals surface area (Å²) in [5, 5.41) is 1.16. The highest BCUT2D eigenvalue weighted by atomic mass is 14.7. The van der Waals surface area contributed by atoms with Crippen LogP contribution in [-0.2, 0) is 0 Å². The van der Waals surface area contributed by atoms with Crippen LogP contribution in [0.25, 0.3) is 10.9 Å². The molecule has 0 fully saturated rings. The molecule has 0 spiro atoms. The van der Waals surface area contributed by atoms with Gasteiger partial charge in [-0.3, -0.25) is 0 Å². The van der Waals surface area contributed by atoms with Gasteiger partial charge in [0, 0.05) is 23.2 Å². The van der Waals surface area contributed by atoms with Crippen molar-refractivity contribution in [1.82, 2.24) is 4.98 Å². The zero-order chi connectivity index (χ0) is 6.97. The van der Waals surface area contributed by atoms with E-state index in [-0.39, 0.29) is 0 Å². The van der Waals surface area contributed by atoms with E-state index in [1.165, 1.54) is 11.1 Å². The van der Waals surface area contributed by atoms with E-state index in [2.05, 4.69) is 36.2 Å². The lowest BCUT2D eigenvalue weighted by atomic mass is 10.2. The summed E-state index contributed by atoms with van der Waals surface area (Å²) >= 11 is 0. The Bertz CT molecular complexity index is 346. The van der Waals surface area contributed by atoms with Gasteiger partial charge >= 0.3 is 0 Å². The molecule has 49 valence electrons. The van der Waals surface area contributed by atoms with Crippen LogP contribution in [0.5, 0.6) is 0 Å². The fourth-order valence-electron chi connectivity index (χ4n) is 1.09. The van der Waals surface area contributed by atoms with Crippen molar-refractivity contribution in [3.05, 3.63) is 36.0 Å². The van der Waals surface area contributed by atoms with Gasteiger partial charge in [0.2, 0.25) is 0 Å². The van der Waals surface area contributed by atoms with Crippen LogP contribution in [0.4, 0.5) is 0 Å². The lowest BCUT2D eigenvalue weighted by Gasteiger charge is -1.90. The molecule has 0 unspecified atom stereocenters. The number of nitrogens with one attached hydrogen (secondary N) is 1. The van der Waals surface area contributed by atoms with Crippen LogP contribution >= 0.6 is 0 Å². The van der Waals surface area contributed by atoms with Crippen LogP contribution in [0.1, 0.15) is 5.56 Å². The molecule has 1 nitrogen and oxygen atoms in total. The largest absolute Gasteiger partial charge is 0.361 e. The minimum absolute atomic E-state index is 1.16. The highest BCUT2D eigenvalue weighted by molar-refractivity contribution is 5.79. The number of rotatable bonds is 0. The summed E-state index contributed by atoms with van der Waals surface area (Å²) in [5.74, 6) is 0. The van der Waals surface area contributed by atoms with Gasteiger partial charge < -0.3 is 4.98 Å². The molecule has 0 aliphatic carbocycles. The van der Waals surface area contributed by atoms with E-state index in [9.17, 15) is 0 Å². The molecule has 1 aromatic heterocycles. The highest BCUT2D eigenvalue weighted by Crippen LogP contribution is 2.12. The minimum atomic E-state index is 1.16. The maximum absolute atomic E-state index is 3.10. The van der Waals surface area contributed by atoms with Crippen LogP contribution in [0.15, 0.2) is 24.4 Å². The van der Waals surface area contributed by atoms with Crippen molar-refractivity contribution >= 4 is 10.9 Å². The second kappa shape index (κ2) is 1.87. The van der Waals surface area contributed by atoms with E-state index in [1.54, 1.807) is 0 Å². The third-order valence-electron chi connectivity index (χ3n) is 1.63. The molecule has 0 amide bonds. The molecule has 0 aliphatic heterocycles. The van der Waals surface area contributed by atoms with Crippen LogP contribution in [0.2, 0.25) is 0 Å². The summed E-state index contributed by atoms with van der Waals surface area (Å²) in [6.07, 6.45) is 1.84. The number of benzene rings is 1. The van der Waals surface area contributed by atoms with Crippen LogP contribution in [0.3, 0.4) is 0 Å². The minimum Gasteiger partial charge on any atom is -0.361 e. The Labute approximate surface area is 59.7 Å². The predicted molar refractivity (Wildman–Crippen MR) is 41.9 cm³/mol. The predicted octanol–water partition coefficient (Wildman–Crippen LogP) is 2.28. The maximum Gasteiger partial charge on any atom is 0.0463 e. The number of hydrogen-bond donors (Lipinski definition) is 1. The monoisotopic (exact) mass is 130 g/mol. The second-order valence-electron chi connectivity index (χ2n) is 2.48. The zero-order valence-electron chi connectivity index (χ0n) is 5.81. The third kappa shape index (κ3) is 0.711. The molecule has 1 aromatic carbocycles. The van der Waals surface area contributed by atoms with Crippen molar-refractivity contribution in [2.45, 2.75) is 6.92 Å². The number of H-pyrrole nitrogens is 1. The summed E-state index contributed by atoms with van der Waals surface area (Å²) in [5.41, 5.74) is 2.45. The third-order valence-corrected chi connectivity index (χ3v) is 1.63. The molecule has 0 saturated carbocycles. The van der Waals surface area contributed by atoms with Crippen LogP contribution < -0.4 is 0 Å². The quantitative estimate of drug-likeness (QED) is 0.563. The zero-order valence-corrected chi connectivity index (χ0v) is 5.81. The Morgan fingerprint density at radius 1 is 1.40 bits per heavy atom. The van der Waals surface area contributed by atoms with E-state index in [1.807, 2.05) is 6.20 Å². The molecule has 1 radical (unpaired) electrons. The van der Waals surface area contributed by atoms with Crippen molar-refractivity contribution in [3.8, 4) is 0 Å². The lowest BCUT2D eigenvalue weighted by molar-refractivity contribution is 1.44. The van der Waals surface area contributed by atoms with Crippen molar-refractivity contribution in [3.63, 3.8) is 0 Å². The summed E-state index contributed by atoms with van der Waals surface area (Å²) in [4.78, 5) is 3.10. The summed E-state index contributed by atoms with van der Waals surface area (Å²) in [7, 11) is 0. The standard InChI is InChI=1S/C9H8N/c1-7-2-3-8-4-5-10-9(8)6-7/h2-3,5-6,10H,1H3. The van der Waals surface area contributed by atoms with Crippen LogP contribution in [-0.4, -0.2) is 4.98 Å². The number of hydrogen-bond acceptors (Lipinski definition) is 0. The Kier molecular flexibility index (Phi) is 1.04. The first kappa shape index (κ1) is 5.54. The Morgan fingerprint density at radius 2 is 2.30 bits per heavy atom. The van der Waals surface area contributed by atoms with Crippen molar-refractivity contribution in [2.24, 2.45) is 0 Å². The smallest absolute Gasteiger partial charge is 0.0463 e. The fraction of sp³-hybridized carbons (Fsp3) is 0.111. The average Bonchev–Trinajstić information content (AvgIpc) is 2.33. The van der Waals surface area contributed by atoms with Crippen molar-refractivity contribution < 1.29 is 0 Å². The normalized spacial score (nSPS) is 10.5. The molecule has 10 heavy (non-hydrogen) atoms. The van der Waals surface area contributed by atoms with E-state index >= 15 is 0 Å². The number of aryl methyl sites for hydroxylation is 1. The van der Waals surface area contributed by atoms with E-state index in [0.717, 1.165) is 5.39 Å². The maximum atomic E-state index is 3.10. The average molecular weight is 130 g/mol. The number of fused-ring (bicyclic) bond motifs is 1. The SMILES string of the molecule is Cc1ccc2[c]c[nH]c2c1. The van der Waals surface area contributed by atoms with Gasteiger partial charge in [-0.25, -0.2) is 0 Å². The van der Waals surface area contributed by atoms with Gasteiger partial charge in [0.1, 0.15) is 0 Å². The van der Waals surface area contributed by atoms with Gasteiger partial charge in [-0.15, -0.1) is 0 Å². The molecule has 0 saturated heterocycles. The molecule has 2 aromatic rings. The van der Waals surface area contributed by atoms with E-state index in [4.69, 9.17) is 0 Å². The van der Waals surface area contributed by atoms with Gasteiger partial charge in [-0.2, -0.15) is 0 Å². The first-order valence-corrected chi connectivity index (χ1v) is 3.32. The molecule has 1 heterocycles. The summed E-state index contributed by atoms with van der Waals surface area (Å²) in [6.45, 7) is 2.08. The van der Waals surface area contributed by atoms with Gasteiger partial charge in [-0.05, 0) is 18.6 Å². The topological polar surface area (TPSA) is 15.8 Å². The molecule has 1 N–H and O–H groups in total. The van der Waals surface area contributed by atoms with Gasteiger partial charge in [0.05, 0.1) is 0 Å². The second-order valence-corrected chi connectivity index (χ2v) is 2.48. The lowest BCUT2D eigenvalue weighted by Crippen LogP contribution is -1.70. The number of aromatic nitrogens is 1. The molecule has 0 bridgehead atoms. The van der Waals surface area contributed by atoms with Gasteiger partial charge in [-0.1, -0.05) is 12.1 Å². The Hall–Kier alpha value is -1.24. The van der Waals surface area contributed by atoms with Crippen molar-refractivity contribution in [2.75, 3.05) is 0 Å². The molecule has 0 atom stereocenters. The first-order chi connectivity index (χ1) is 4.86. The summed E-state index contributed by atoms with van der Waals surface area (Å²) in [6, 6.07) is 9.37. The van der Waals surface area contributed by atoms with E-state index < -0.39 is 0 Å². The Morgan fingerprint density at radius 3 is 3.20 bits per heavy atom. The molecule has 0 aliphatic rings. The fourth-order valence-corrected chi connectivity index (χ4v) is 1.09. The number of aromatic amines is 1. The Balaban J connectivity index is 2.86. The van der Waals surface area contributed by atoms with Gasteiger partial charge in [0.25, 0.3) is 0 Å². The van der Waals surface area contributed by atoms with Gasteiger partial charge in [0.15, 0.2) is 0 Å². The highest BCUT2D eigenvalue weighted by Gasteiger charge is 1.91.